The molecule has 6 heteroatoms. The number of nitrogens with one attached hydrogen (secondary N) is 2. The summed E-state index contributed by atoms with van der Waals surface area (Å²) in [5.74, 6) is 0.423. The van der Waals surface area contributed by atoms with Gasteiger partial charge in [-0.25, -0.2) is 10.9 Å². The maximum atomic E-state index is 4.04. The van der Waals surface area contributed by atoms with E-state index in [2.05, 4.69) is 52.0 Å². The SMILES string of the molecule is CCCC=NN=C(NN=CCCC)NN=CCCC. The first-order valence-electron chi connectivity index (χ1n) is 6.99. The lowest BCUT2D eigenvalue weighted by Gasteiger charge is -2.01. The number of rotatable bonds is 9. The first-order chi connectivity index (χ1) is 9.35. The molecule has 0 heterocycles. The summed E-state index contributed by atoms with van der Waals surface area (Å²) in [6.45, 7) is 6.30. The molecule has 0 bridgehead atoms. The van der Waals surface area contributed by atoms with Crippen LogP contribution in [0.3, 0.4) is 0 Å². The molecule has 2 N–H and O–H groups in total. The highest BCUT2D eigenvalue weighted by molar-refractivity contribution is 5.81. The van der Waals surface area contributed by atoms with E-state index in [1.807, 2.05) is 12.4 Å². The van der Waals surface area contributed by atoms with Crippen LogP contribution in [0.5, 0.6) is 0 Å². The zero-order valence-electron chi connectivity index (χ0n) is 12.3. The summed E-state index contributed by atoms with van der Waals surface area (Å²) in [6, 6.07) is 0. The minimum absolute atomic E-state index is 0.423. The monoisotopic (exact) mass is 266 g/mol. The van der Waals surface area contributed by atoms with Crippen LogP contribution in [-0.4, -0.2) is 24.6 Å². The Morgan fingerprint density at radius 1 is 0.789 bits per heavy atom. The molecule has 108 valence electrons. The van der Waals surface area contributed by atoms with Crippen LogP contribution in [-0.2, 0) is 0 Å². The Morgan fingerprint density at radius 2 is 1.26 bits per heavy atom. The van der Waals surface area contributed by atoms with Crippen molar-refractivity contribution in [3.63, 3.8) is 0 Å². The molecule has 0 amide bonds. The molecule has 0 aromatic heterocycles. The molecule has 6 nitrogen and oxygen atoms in total. The van der Waals surface area contributed by atoms with E-state index >= 15 is 0 Å². The van der Waals surface area contributed by atoms with Gasteiger partial charge in [0.05, 0.1) is 0 Å². The van der Waals surface area contributed by atoms with Gasteiger partial charge in [0.2, 0.25) is 0 Å². The molecule has 0 unspecified atom stereocenters. The molecule has 0 aliphatic heterocycles. The second-order valence-corrected chi connectivity index (χ2v) is 3.96. The Bertz CT molecular complexity index is 286. The van der Waals surface area contributed by atoms with Crippen LogP contribution in [0.15, 0.2) is 20.4 Å². The first kappa shape index (κ1) is 17.3. The third-order valence-corrected chi connectivity index (χ3v) is 2.02. The van der Waals surface area contributed by atoms with E-state index in [4.69, 9.17) is 0 Å². The molecule has 0 aromatic rings. The lowest BCUT2D eigenvalue weighted by Crippen LogP contribution is -2.30. The number of hydrazone groups is 2. The standard InChI is InChI=1S/C13H26N6/c1-4-7-10-14-17-13(18-15-11-8-5-2)19-16-12-9-6-3/h10-12H,4-9H2,1-3H3,(H2,17,18,19). The maximum absolute atomic E-state index is 4.04. The van der Waals surface area contributed by atoms with Gasteiger partial charge in [0.1, 0.15) is 0 Å². The van der Waals surface area contributed by atoms with Crippen molar-refractivity contribution in [3.05, 3.63) is 0 Å². The molecule has 0 aliphatic rings. The van der Waals surface area contributed by atoms with Gasteiger partial charge in [0.15, 0.2) is 0 Å². The van der Waals surface area contributed by atoms with Gasteiger partial charge in [-0.2, -0.15) is 15.3 Å². The highest BCUT2D eigenvalue weighted by Crippen LogP contribution is 1.84. The maximum Gasteiger partial charge on any atom is 0.257 e. The Kier molecular flexibility index (Phi) is 13.0. The molecule has 0 atom stereocenters. The highest BCUT2D eigenvalue weighted by atomic mass is 15.5. The fraction of sp³-hybridized carbons (Fsp3) is 0.692. The lowest BCUT2D eigenvalue weighted by atomic mass is 10.4. The van der Waals surface area contributed by atoms with Crippen molar-refractivity contribution in [2.75, 3.05) is 0 Å². The van der Waals surface area contributed by atoms with Gasteiger partial charge in [-0.1, -0.05) is 40.0 Å². The van der Waals surface area contributed by atoms with Crippen LogP contribution >= 0.6 is 0 Å². The molecular formula is C13H26N6. The lowest BCUT2D eigenvalue weighted by molar-refractivity contribution is 0.873. The Labute approximate surface area is 116 Å². The molecule has 0 rings (SSSR count). The van der Waals surface area contributed by atoms with E-state index in [9.17, 15) is 0 Å². The highest BCUT2D eigenvalue weighted by Gasteiger charge is 1.92. The topological polar surface area (TPSA) is 73.5 Å². The van der Waals surface area contributed by atoms with Crippen molar-refractivity contribution >= 4 is 24.6 Å². The molecule has 0 fully saturated rings. The van der Waals surface area contributed by atoms with Crippen molar-refractivity contribution in [2.24, 2.45) is 20.4 Å². The number of guanidine groups is 1. The number of hydrogen-bond donors (Lipinski definition) is 2. The number of nitrogens with zero attached hydrogens (tertiary/aromatic N) is 4. The van der Waals surface area contributed by atoms with Crippen LogP contribution in [0.25, 0.3) is 0 Å². The Balaban J connectivity index is 4.28. The summed E-state index contributed by atoms with van der Waals surface area (Å²) in [4.78, 5) is 0. The van der Waals surface area contributed by atoms with Gasteiger partial charge in [0, 0.05) is 18.6 Å². The molecule has 0 aromatic carbocycles. The summed E-state index contributed by atoms with van der Waals surface area (Å²) in [5, 5.41) is 16.0. The number of hydrogen-bond acceptors (Lipinski definition) is 4. The van der Waals surface area contributed by atoms with E-state index in [0.29, 0.717) is 5.96 Å². The van der Waals surface area contributed by atoms with Gasteiger partial charge in [-0.3, -0.25) is 0 Å². The van der Waals surface area contributed by atoms with E-state index in [1.165, 1.54) is 0 Å². The fourth-order valence-electron chi connectivity index (χ4n) is 0.956. The predicted octanol–water partition coefficient (Wildman–Crippen LogP) is 2.88. The molecule has 0 saturated carbocycles. The van der Waals surface area contributed by atoms with E-state index in [1.54, 1.807) is 6.21 Å². The van der Waals surface area contributed by atoms with Crippen molar-refractivity contribution in [2.45, 2.75) is 59.3 Å². The minimum atomic E-state index is 0.423. The van der Waals surface area contributed by atoms with Crippen LogP contribution < -0.4 is 10.9 Å². The molecule has 19 heavy (non-hydrogen) atoms. The largest absolute Gasteiger partial charge is 0.257 e. The number of unbranched alkanes of at least 4 members (excludes halogenated alkanes) is 3. The molecule has 0 saturated heterocycles. The molecule has 0 radical (unpaired) electrons. The van der Waals surface area contributed by atoms with Gasteiger partial charge in [0.25, 0.3) is 5.96 Å². The van der Waals surface area contributed by atoms with Crippen molar-refractivity contribution in [3.8, 4) is 0 Å². The van der Waals surface area contributed by atoms with Gasteiger partial charge >= 0.3 is 0 Å². The summed E-state index contributed by atoms with van der Waals surface area (Å²) >= 11 is 0. The van der Waals surface area contributed by atoms with Crippen LogP contribution in [0, 0.1) is 0 Å². The molecule has 0 spiro atoms. The van der Waals surface area contributed by atoms with Crippen LogP contribution in [0.2, 0.25) is 0 Å². The van der Waals surface area contributed by atoms with Crippen LogP contribution in [0.4, 0.5) is 0 Å². The van der Waals surface area contributed by atoms with Gasteiger partial charge in [-0.15, -0.1) is 5.10 Å². The van der Waals surface area contributed by atoms with E-state index in [-0.39, 0.29) is 0 Å². The summed E-state index contributed by atoms with van der Waals surface area (Å²) in [6.07, 6.45) is 11.3. The smallest absolute Gasteiger partial charge is 0.245 e. The van der Waals surface area contributed by atoms with E-state index in [0.717, 1.165) is 38.5 Å². The summed E-state index contributed by atoms with van der Waals surface area (Å²) < 4.78 is 0. The minimum Gasteiger partial charge on any atom is -0.245 e. The summed E-state index contributed by atoms with van der Waals surface area (Å²) in [5.41, 5.74) is 5.58. The molecule has 0 aliphatic carbocycles. The van der Waals surface area contributed by atoms with E-state index < -0.39 is 0 Å². The Morgan fingerprint density at radius 3 is 1.74 bits per heavy atom. The van der Waals surface area contributed by atoms with Crippen molar-refractivity contribution in [1.29, 1.82) is 0 Å². The third-order valence-electron chi connectivity index (χ3n) is 2.02. The van der Waals surface area contributed by atoms with Crippen LogP contribution in [0.1, 0.15) is 59.3 Å². The fourth-order valence-corrected chi connectivity index (χ4v) is 0.956. The zero-order chi connectivity index (χ0) is 14.2. The van der Waals surface area contributed by atoms with Gasteiger partial charge < -0.3 is 0 Å². The van der Waals surface area contributed by atoms with Gasteiger partial charge in [-0.05, 0) is 19.3 Å². The average Bonchev–Trinajstić information content (AvgIpc) is 2.43. The first-order valence-corrected chi connectivity index (χ1v) is 6.99. The van der Waals surface area contributed by atoms with Crippen molar-refractivity contribution < 1.29 is 0 Å². The second-order valence-electron chi connectivity index (χ2n) is 3.96. The summed E-state index contributed by atoms with van der Waals surface area (Å²) in [7, 11) is 0. The normalized spacial score (nSPS) is 11.5. The second kappa shape index (κ2) is 14.3. The predicted molar refractivity (Wildman–Crippen MR) is 83.9 cm³/mol. The zero-order valence-corrected chi connectivity index (χ0v) is 12.3. The third kappa shape index (κ3) is 12.5. The quantitative estimate of drug-likeness (QED) is 0.382. The van der Waals surface area contributed by atoms with Crippen molar-refractivity contribution in [1.82, 2.24) is 10.9 Å². The Hall–Kier alpha value is -1.72. The average molecular weight is 266 g/mol. The molecular weight excluding hydrogens is 240 g/mol.